The Morgan fingerprint density at radius 2 is 1.88 bits per heavy atom. The van der Waals surface area contributed by atoms with Crippen molar-refractivity contribution < 1.29 is 0 Å². The lowest BCUT2D eigenvalue weighted by Gasteiger charge is -2.09. The van der Waals surface area contributed by atoms with Gasteiger partial charge in [0, 0.05) is 11.0 Å². The summed E-state index contributed by atoms with van der Waals surface area (Å²) >= 11 is 9.62. The van der Waals surface area contributed by atoms with Crippen LogP contribution in [0.5, 0.6) is 0 Å². The predicted molar refractivity (Wildman–Crippen MR) is 97.7 cm³/mol. The molecule has 0 unspecified atom stereocenters. The van der Waals surface area contributed by atoms with Gasteiger partial charge in [0.25, 0.3) is 0 Å². The Morgan fingerprint density at radius 3 is 2.62 bits per heavy atom. The van der Waals surface area contributed by atoms with E-state index in [0.717, 1.165) is 10.0 Å². The fourth-order valence-electron chi connectivity index (χ4n) is 2.10. The van der Waals surface area contributed by atoms with Crippen LogP contribution < -0.4 is 16.5 Å². The second kappa shape index (κ2) is 7.57. The zero-order valence-electron chi connectivity index (χ0n) is 12.4. The standard InChI is InChI=1S/C16H13BrClN5O/c17-11-7-4-8-12(18)13(11)14-20-15(22-16(24)21-14)23-19-9-10-5-2-1-3-6-10/h1-8,19H,9H2,(H2,20,21,22,23,24). The Morgan fingerprint density at radius 1 is 1.08 bits per heavy atom. The van der Waals surface area contributed by atoms with Crippen LogP contribution >= 0.6 is 27.5 Å². The van der Waals surface area contributed by atoms with Gasteiger partial charge in [-0.2, -0.15) is 9.97 Å². The van der Waals surface area contributed by atoms with Crippen LogP contribution in [0.1, 0.15) is 5.56 Å². The van der Waals surface area contributed by atoms with Gasteiger partial charge in [0.2, 0.25) is 5.95 Å². The van der Waals surface area contributed by atoms with E-state index in [0.29, 0.717) is 23.0 Å². The van der Waals surface area contributed by atoms with Gasteiger partial charge in [-0.05, 0) is 33.6 Å². The zero-order valence-corrected chi connectivity index (χ0v) is 14.7. The van der Waals surface area contributed by atoms with Gasteiger partial charge < -0.3 is 0 Å². The summed E-state index contributed by atoms with van der Waals surface area (Å²) in [5.41, 5.74) is 6.98. The molecule has 0 saturated carbocycles. The summed E-state index contributed by atoms with van der Waals surface area (Å²) < 4.78 is 0.729. The number of hydrogen-bond acceptors (Lipinski definition) is 5. The Labute approximate surface area is 151 Å². The third kappa shape index (κ3) is 4.00. The van der Waals surface area contributed by atoms with Crippen LogP contribution in [0.15, 0.2) is 57.8 Å². The van der Waals surface area contributed by atoms with Crippen molar-refractivity contribution in [2.45, 2.75) is 6.54 Å². The second-order valence-corrected chi connectivity index (χ2v) is 6.15. The topological polar surface area (TPSA) is 82.7 Å². The molecular weight excluding hydrogens is 394 g/mol. The van der Waals surface area contributed by atoms with E-state index in [-0.39, 0.29) is 5.95 Å². The molecule has 122 valence electrons. The average Bonchev–Trinajstić information content (AvgIpc) is 2.55. The van der Waals surface area contributed by atoms with Crippen molar-refractivity contribution in [1.82, 2.24) is 20.4 Å². The van der Waals surface area contributed by atoms with Crippen LogP contribution in [0, 0.1) is 0 Å². The number of nitrogens with one attached hydrogen (secondary N) is 3. The predicted octanol–water partition coefficient (Wildman–Crippen LogP) is 3.36. The molecule has 8 heteroatoms. The molecule has 0 aliphatic heterocycles. The number of aromatic nitrogens is 3. The minimum Gasteiger partial charge on any atom is -0.290 e. The molecule has 2 aromatic carbocycles. The normalized spacial score (nSPS) is 10.6. The maximum Gasteiger partial charge on any atom is 0.349 e. The van der Waals surface area contributed by atoms with Crippen molar-refractivity contribution in [3.05, 3.63) is 74.1 Å². The largest absolute Gasteiger partial charge is 0.349 e. The van der Waals surface area contributed by atoms with Crippen molar-refractivity contribution in [2.24, 2.45) is 0 Å². The Kier molecular flexibility index (Phi) is 5.24. The van der Waals surface area contributed by atoms with Crippen molar-refractivity contribution >= 4 is 33.5 Å². The molecule has 0 saturated heterocycles. The maximum absolute atomic E-state index is 11.8. The molecule has 1 aromatic heterocycles. The summed E-state index contributed by atoms with van der Waals surface area (Å²) in [4.78, 5) is 22.5. The molecule has 0 amide bonds. The molecule has 6 nitrogen and oxygen atoms in total. The number of hydrazine groups is 1. The highest BCUT2D eigenvalue weighted by atomic mass is 79.9. The van der Waals surface area contributed by atoms with Crippen molar-refractivity contribution in [3.63, 3.8) is 0 Å². The monoisotopic (exact) mass is 405 g/mol. The first kappa shape index (κ1) is 16.6. The first-order valence-corrected chi connectivity index (χ1v) is 8.26. The molecule has 0 atom stereocenters. The summed E-state index contributed by atoms with van der Waals surface area (Å²) in [5.74, 6) is 0.494. The van der Waals surface area contributed by atoms with Gasteiger partial charge >= 0.3 is 5.69 Å². The number of H-pyrrole nitrogens is 1. The fraction of sp³-hybridized carbons (Fsp3) is 0.0625. The number of rotatable bonds is 5. The third-order valence-corrected chi connectivity index (χ3v) is 4.16. The molecule has 0 spiro atoms. The summed E-state index contributed by atoms with van der Waals surface area (Å²) in [5, 5.41) is 0.474. The Hall–Kier alpha value is -2.22. The molecule has 0 fully saturated rings. The van der Waals surface area contributed by atoms with E-state index >= 15 is 0 Å². The lowest BCUT2D eigenvalue weighted by atomic mass is 10.2. The van der Waals surface area contributed by atoms with Gasteiger partial charge in [0.05, 0.1) is 10.6 Å². The number of halogens is 2. The first-order valence-electron chi connectivity index (χ1n) is 7.09. The van der Waals surface area contributed by atoms with E-state index in [9.17, 15) is 4.79 Å². The molecular formula is C16H13BrClN5O. The van der Waals surface area contributed by atoms with E-state index in [2.05, 4.69) is 41.7 Å². The van der Waals surface area contributed by atoms with Gasteiger partial charge in [-0.1, -0.05) is 48.0 Å². The smallest absolute Gasteiger partial charge is 0.290 e. The van der Waals surface area contributed by atoms with Gasteiger partial charge in [0.1, 0.15) is 5.82 Å². The fourth-order valence-corrected chi connectivity index (χ4v) is 3.04. The van der Waals surface area contributed by atoms with Crippen LogP contribution in [-0.4, -0.2) is 15.0 Å². The molecule has 0 radical (unpaired) electrons. The SMILES string of the molecule is O=c1nc(NNCc2ccccc2)nc(-c2c(Cl)cccc2Br)[nH]1. The van der Waals surface area contributed by atoms with Crippen LogP contribution in [0.4, 0.5) is 5.95 Å². The molecule has 3 N–H and O–H groups in total. The lowest BCUT2D eigenvalue weighted by Crippen LogP contribution is -2.25. The average molecular weight is 407 g/mol. The number of anilines is 1. The highest BCUT2D eigenvalue weighted by Gasteiger charge is 2.12. The van der Waals surface area contributed by atoms with Crippen LogP contribution in [0.25, 0.3) is 11.4 Å². The summed E-state index contributed by atoms with van der Waals surface area (Å²) in [6.07, 6.45) is 0. The minimum absolute atomic E-state index is 0.163. The van der Waals surface area contributed by atoms with Gasteiger partial charge in [-0.3, -0.25) is 10.4 Å². The molecule has 0 aliphatic rings. The van der Waals surface area contributed by atoms with Crippen LogP contribution in [0.2, 0.25) is 5.02 Å². The van der Waals surface area contributed by atoms with Crippen molar-refractivity contribution in [1.29, 1.82) is 0 Å². The number of nitrogens with zero attached hydrogens (tertiary/aromatic N) is 2. The number of hydrogen-bond donors (Lipinski definition) is 3. The van der Waals surface area contributed by atoms with E-state index in [1.807, 2.05) is 36.4 Å². The third-order valence-electron chi connectivity index (χ3n) is 3.19. The quantitative estimate of drug-likeness (QED) is 0.566. The zero-order chi connectivity index (χ0) is 16.9. The Bertz CT molecular complexity index is 880. The first-order chi connectivity index (χ1) is 11.6. The van der Waals surface area contributed by atoms with Crippen LogP contribution in [-0.2, 0) is 6.54 Å². The van der Waals surface area contributed by atoms with E-state index in [1.165, 1.54) is 0 Å². The molecule has 3 rings (SSSR count). The molecule has 0 aliphatic carbocycles. The lowest BCUT2D eigenvalue weighted by molar-refractivity contribution is 0.779. The van der Waals surface area contributed by atoms with Crippen molar-refractivity contribution in [3.8, 4) is 11.4 Å². The highest BCUT2D eigenvalue weighted by Crippen LogP contribution is 2.32. The maximum atomic E-state index is 11.8. The molecule has 1 heterocycles. The van der Waals surface area contributed by atoms with E-state index < -0.39 is 5.69 Å². The van der Waals surface area contributed by atoms with Crippen LogP contribution in [0.3, 0.4) is 0 Å². The highest BCUT2D eigenvalue weighted by molar-refractivity contribution is 9.10. The van der Waals surface area contributed by atoms with E-state index in [1.54, 1.807) is 12.1 Å². The molecule has 3 aromatic rings. The summed E-state index contributed by atoms with van der Waals surface area (Å²) in [6.45, 7) is 0.558. The second-order valence-electron chi connectivity index (χ2n) is 4.89. The van der Waals surface area contributed by atoms with Gasteiger partial charge in [-0.15, -0.1) is 0 Å². The minimum atomic E-state index is -0.518. The van der Waals surface area contributed by atoms with E-state index in [4.69, 9.17) is 11.6 Å². The number of benzene rings is 2. The molecule has 0 bridgehead atoms. The molecule has 24 heavy (non-hydrogen) atoms. The van der Waals surface area contributed by atoms with Gasteiger partial charge in [-0.25, -0.2) is 10.2 Å². The Balaban J connectivity index is 1.81. The number of aromatic amines is 1. The summed E-state index contributed by atoms with van der Waals surface area (Å²) in [7, 11) is 0. The summed E-state index contributed by atoms with van der Waals surface area (Å²) in [6, 6.07) is 15.2. The van der Waals surface area contributed by atoms with Crippen molar-refractivity contribution in [2.75, 3.05) is 5.43 Å². The van der Waals surface area contributed by atoms with Gasteiger partial charge in [0.15, 0.2) is 0 Å².